The van der Waals surface area contributed by atoms with Crippen LogP contribution in [-0.4, -0.2) is 60.4 Å². The molecule has 1 fully saturated rings. The lowest BCUT2D eigenvalue weighted by atomic mass is 10.2. The van der Waals surface area contributed by atoms with Gasteiger partial charge in [0.25, 0.3) is 0 Å². The summed E-state index contributed by atoms with van der Waals surface area (Å²) in [4.78, 5) is 17.4. The van der Waals surface area contributed by atoms with Crippen molar-refractivity contribution < 1.29 is 19.4 Å². The zero-order chi connectivity index (χ0) is 16.8. The van der Waals surface area contributed by atoms with Crippen molar-refractivity contribution in [2.24, 2.45) is 0 Å². The largest absolute Gasteiger partial charge is 0.492 e. The number of carboxylic acid groups (broad SMARTS) is 1. The van der Waals surface area contributed by atoms with Crippen LogP contribution in [0.5, 0.6) is 5.75 Å². The predicted molar refractivity (Wildman–Crippen MR) is 91.6 cm³/mol. The number of hydrogen-bond donors (Lipinski definition) is 1. The van der Waals surface area contributed by atoms with E-state index in [-0.39, 0.29) is 6.42 Å². The van der Waals surface area contributed by atoms with Crippen LogP contribution in [0.25, 0.3) is 10.6 Å². The fourth-order valence-electron chi connectivity index (χ4n) is 2.49. The van der Waals surface area contributed by atoms with E-state index in [1.807, 2.05) is 24.3 Å². The molecule has 0 atom stereocenters. The minimum Gasteiger partial charge on any atom is -0.492 e. The Labute approximate surface area is 144 Å². The second-order valence-electron chi connectivity index (χ2n) is 5.54. The van der Waals surface area contributed by atoms with Gasteiger partial charge in [0, 0.05) is 30.6 Å². The maximum atomic E-state index is 10.7. The Morgan fingerprint density at radius 3 is 2.75 bits per heavy atom. The molecular weight excluding hydrogens is 328 g/mol. The molecule has 0 unspecified atom stereocenters. The Balaban J connectivity index is 1.51. The van der Waals surface area contributed by atoms with Crippen molar-refractivity contribution in [1.29, 1.82) is 0 Å². The fourth-order valence-corrected chi connectivity index (χ4v) is 3.31. The Bertz CT molecular complexity index is 665. The number of rotatable bonds is 7. The van der Waals surface area contributed by atoms with Crippen molar-refractivity contribution in [2.75, 3.05) is 39.5 Å². The number of hydrogen-bond acceptors (Lipinski definition) is 6. The van der Waals surface area contributed by atoms with Crippen LogP contribution in [0.3, 0.4) is 0 Å². The van der Waals surface area contributed by atoms with E-state index in [0.29, 0.717) is 12.3 Å². The van der Waals surface area contributed by atoms with Gasteiger partial charge in [-0.25, -0.2) is 4.98 Å². The third-order valence-electron chi connectivity index (χ3n) is 3.77. The number of carbonyl (C=O) groups is 1. The Morgan fingerprint density at radius 2 is 2.04 bits per heavy atom. The van der Waals surface area contributed by atoms with Gasteiger partial charge in [0.15, 0.2) is 0 Å². The van der Waals surface area contributed by atoms with Crippen LogP contribution in [-0.2, 0) is 16.0 Å². The molecule has 1 aliphatic heterocycles. The van der Waals surface area contributed by atoms with Gasteiger partial charge in [-0.2, -0.15) is 0 Å². The lowest BCUT2D eigenvalue weighted by molar-refractivity contribution is -0.136. The first-order chi connectivity index (χ1) is 11.7. The van der Waals surface area contributed by atoms with Crippen LogP contribution < -0.4 is 4.74 Å². The van der Waals surface area contributed by atoms with E-state index in [4.69, 9.17) is 14.6 Å². The van der Waals surface area contributed by atoms with E-state index >= 15 is 0 Å². The van der Waals surface area contributed by atoms with Gasteiger partial charge in [-0.15, -0.1) is 11.3 Å². The zero-order valence-electron chi connectivity index (χ0n) is 13.3. The third kappa shape index (κ3) is 4.77. The maximum absolute atomic E-state index is 10.7. The van der Waals surface area contributed by atoms with Gasteiger partial charge in [0.2, 0.25) is 0 Å². The molecule has 0 saturated carbocycles. The highest BCUT2D eigenvalue weighted by molar-refractivity contribution is 7.13. The molecule has 2 aromatic rings. The number of thiazole rings is 1. The molecule has 0 amide bonds. The van der Waals surface area contributed by atoms with Crippen molar-refractivity contribution in [3.63, 3.8) is 0 Å². The van der Waals surface area contributed by atoms with Crippen LogP contribution in [0.2, 0.25) is 0 Å². The molecule has 1 saturated heterocycles. The second-order valence-corrected chi connectivity index (χ2v) is 6.40. The first-order valence-electron chi connectivity index (χ1n) is 7.90. The van der Waals surface area contributed by atoms with Gasteiger partial charge in [0.1, 0.15) is 17.4 Å². The first-order valence-corrected chi connectivity index (χ1v) is 8.78. The Kier molecular flexibility index (Phi) is 5.79. The van der Waals surface area contributed by atoms with E-state index in [1.54, 1.807) is 5.38 Å². The van der Waals surface area contributed by atoms with E-state index in [2.05, 4.69) is 9.88 Å². The quantitative estimate of drug-likeness (QED) is 0.827. The third-order valence-corrected chi connectivity index (χ3v) is 4.71. The van der Waals surface area contributed by atoms with Gasteiger partial charge in [-0.05, 0) is 24.3 Å². The molecule has 2 heterocycles. The minimum atomic E-state index is -0.865. The van der Waals surface area contributed by atoms with Gasteiger partial charge in [-0.3, -0.25) is 9.69 Å². The molecule has 1 aromatic heterocycles. The number of nitrogens with zero attached hydrogens (tertiary/aromatic N) is 2. The molecular formula is C17H20N2O4S. The van der Waals surface area contributed by atoms with Crippen molar-refractivity contribution in [1.82, 2.24) is 9.88 Å². The van der Waals surface area contributed by atoms with Gasteiger partial charge >= 0.3 is 5.97 Å². The molecule has 1 N–H and O–H groups in total. The normalized spacial score (nSPS) is 15.3. The molecule has 0 aliphatic carbocycles. The SMILES string of the molecule is O=C(O)Cc1csc(-c2ccc(OCCN3CCOCC3)cc2)n1. The molecule has 0 bridgehead atoms. The average molecular weight is 348 g/mol. The monoisotopic (exact) mass is 348 g/mol. The fraction of sp³-hybridized carbons (Fsp3) is 0.412. The van der Waals surface area contributed by atoms with Crippen molar-refractivity contribution in [3.05, 3.63) is 35.3 Å². The van der Waals surface area contributed by atoms with Crippen molar-refractivity contribution >= 4 is 17.3 Å². The van der Waals surface area contributed by atoms with Crippen LogP contribution >= 0.6 is 11.3 Å². The number of aromatic nitrogens is 1. The summed E-state index contributed by atoms with van der Waals surface area (Å²) in [5.74, 6) is -0.0369. The highest BCUT2D eigenvalue weighted by Crippen LogP contribution is 2.26. The molecule has 6 nitrogen and oxygen atoms in total. The summed E-state index contributed by atoms with van der Waals surface area (Å²) in [5.41, 5.74) is 1.56. The Hall–Kier alpha value is -1.96. The van der Waals surface area contributed by atoms with Crippen LogP contribution in [0, 0.1) is 0 Å². The minimum absolute atomic E-state index is 0.0424. The summed E-state index contributed by atoms with van der Waals surface area (Å²) in [6.07, 6.45) is -0.0424. The first kappa shape index (κ1) is 16.9. The molecule has 24 heavy (non-hydrogen) atoms. The summed E-state index contributed by atoms with van der Waals surface area (Å²) in [6.45, 7) is 5.07. The number of aliphatic carboxylic acids is 1. The highest BCUT2D eigenvalue weighted by atomic mass is 32.1. The van der Waals surface area contributed by atoms with E-state index < -0.39 is 5.97 Å². The molecule has 7 heteroatoms. The lowest BCUT2D eigenvalue weighted by Gasteiger charge is -2.26. The smallest absolute Gasteiger partial charge is 0.309 e. The average Bonchev–Trinajstić information content (AvgIpc) is 3.04. The van der Waals surface area contributed by atoms with E-state index in [0.717, 1.165) is 49.2 Å². The maximum Gasteiger partial charge on any atom is 0.309 e. The molecule has 128 valence electrons. The van der Waals surface area contributed by atoms with Gasteiger partial charge in [0.05, 0.1) is 25.3 Å². The Morgan fingerprint density at radius 1 is 1.29 bits per heavy atom. The van der Waals surface area contributed by atoms with E-state index in [9.17, 15) is 4.79 Å². The number of morpholine rings is 1. The van der Waals surface area contributed by atoms with Gasteiger partial charge < -0.3 is 14.6 Å². The molecule has 0 radical (unpaired) electrons. The number of benzene rings is 1. The molecule has 0 spiro atoms. The molecule has 1 aliphatic rings. The molecule has 1 aromatic carbocycles. The predicted octanol–water partition coefficient (Wildman–Crippen LogP) is 2.15. The van der Waals surface area contributed by atoms with Crippen LogP contribution in [0.4, 0.5) is 0 Å². The van der Waals surface area contributed by atoms with Gasteiger partial charge in [-0.1, -0.05) is 0 Å². The van der Waals surface area contributed by atoms with E-state index in [1.165, 1.54) is 11.3 Å². The van der Waals surface area contributed by atoms with Crippen LogP contribution in [0.1, 0.15) is 5.69 Å². The second kappa shape index (κ2) is 8.23. The lowest BCUT2D eigenvalue weighted by Crippen LogP contribution is -2.38. The number of carboxylic acids is 1. The van der Waals surface area contributed by atoms with Crippen molar-refractivity contribution in [2.45, 2.75) is 6.42 Å². The van der Waals surface area contributed by atoms with Crippen molar-refractivity contribution in [3.8, 4) is 16.3 Å². The number of ether oxygens (including phenoxy) is 2. The highest BCUT2D eigenvalue weighted by Gasteiger charge is 2.10. The zero-order valence-corrected chi connectivity index (χ0v) is 14.1. The summed E-state index contributed by atoms with van der Waals surface area (Å²) in [6, 6.07) is 7.75. The summed E-state index contributed by atoms with van der Waals surface area (Å²) >= 11 is 1.45. The van der Waals surface area contributed by atoms with Crippen LogP contribution in [0.15, 0.2) is 29.6 Å². The molecule has 3 rings (SSSR count). The standard InChI is InChI=1S/C17H20N2O4S/c20-16(21)11-14-12-24-17(18-14)13-1-3-15(4-2-13)23-10-7-19-5-8-22-9-6-19/h1-4,12H,5-11H2,(H,20,21). The summed E-state index contributed by atoms with van der Waals surface area (Å²) in [7, 11) is 0. The topological polar surface area (TPSA) is 71.9 Å². The summed E-state index contributed by atoms with van der Waals surface area (Å²) in [5, 5.41) is 11.4. The summed E-state index contributed by atoms with van der Waals surface area (Å²) < 4.78 is 11.1.